The summed E-state index contributed by atoms with van der Waals surface area (Å²) < 4.78 is 5.80. The lowest BCUT2D eigenvalue weighted by molar-refractivity contribution is -0.873. The molecule has 13 heavy (non-hydrogen) atoms. The van der Waals surface area contributed by atoms with Crippen LogP contribution in [0.3, 0.4) is 0 Å². The topological polar surface area (TPSA) is 29.5 Å². The van der Waals surface area contributed by atoms with Crippen LogP contribution >= 0.6 is 0 Å². The third-order valence-electron chi connectivity index (χ3n) is 1.28. The first-order chi connectivity index (χ1) is 5.45. The molecule has 0 radical (unpaired) electrons. The van der Waals surface area contributed by atoms with Crippen LogP contribution in [0.5, 0.6) is 0 Å². The molecule has 3 nitrogen and oxygen atoms in total. The molecule has 0 aliphatic rings. The zero-order chi connectivity index (χ0) is 9.61. The van der Waals surface area contributed by atoms with Crippen LogP contribution in [0, 0.1) is 0 Å². The van der Waals surface area contributed by atoms with Crippen molar-refractivity contribution in [3.8, 4) is 0 Å². The number of rotatable bonds is 5. The van der Waals surface area contributed by atoms with Crippen LogP contribution < -0.4 is 12.4 Å². The van der Waals surface area contributed by atoms with Gasteiger partial charge in [-0.15, -0.1) is 0 Å². The number of halogens is 1. The van der Waals surface area contributed by atoms with Crippen LogP contribution in [0.4, 0.5) is 0 Å². The van der Waals surface area contributed by atoms with E-state index in [0.29, 0.717) is 13.2 Å². The van der Waals surface area contributed by atoms with Gasteiger partial charge in [0.2, 0.25) is 0 Å². The van der Waals surface area contributed by atoms with Crippen molar-refractivity contribution >= 4 is 0 Å². The van der Waals surface area contributed by atoms with Crippen molar-refractivity contribution in [3.05, 3.63) is 12.3 Å². The van der Waals surface area contributed by atoms with Crippen LogP contribution in [0.15, 0.2) is 12.3 Å². The Balaban J connectivity index is 0. The quantitative estimate of drug-likeness (QED) is 0.405. The first-order valence-corrected chi connectivity index (χ1v) is 4.17. The summed E-state index contributed by atoms with van der Waals surface area (Å²) in [4.78, 5) is 0. The van der Waals surface area contributed by atoms with E-state index in [1.807, 2.05) is 28.1 Å². The van der Waals surface area contributed by atoms with Crippen LogP contribution in [-0.4, -0.2) is 50.0 Å². The van der Waals surface area contributed by atoms with Crippen molar-refractivity contribution in [2.24, 2.45) is 0 Å². The summed E-state index contributed by atoms with van der Waals surface area (Å²) in [6.07, 6.45) is 3.01. The molecular weight excluding hydrogens is 190 g/mol. The summed E-state index contributed by atoms with van der Waals surface area (Å²) in [6.45, 7) is 2.96. The van der Waals surface area contributed by atoms with E-state index in [1.54, 1.807) is 12.3 Å². The van der Waals surface area contributed by atoms with Gasteiger partial charge in [-0.25, -0.2) is 0 Å². The minimum absolute atomic E-state index is 0. The average Bonchev–Trinajstić information content (AvgIpc) is 1.84. The van der Waals surface area contributed by atoms with Gasteiger partial charge < -0.3 is 26.7 Å². The number of allylic oxidation sites excluding steroid dienone is 1. The molecule has 0 amide bonds. The zero-order valence-electron chi connectivity index (χ0n) is 8.83. The Morgan fingerprint density at radius 3 is 2.31 bits per heavy atom. The fourth-order valence-electron chi connectivity index (χ4n) is 0.948. The van der Waals surface area contributed by atoms with Gasteiger partial charge in [-0.1, -0.05) is 6.08 Å². The molecule has 1 atom stereocenters. The molecule has 0 heterocycles. The smallest absolute Gasteiger partial charge is 0.137 e. The van der Waals surface area contributed by atoms with E-state index in [0.717, 1.165) is 4.48 Å². The highest BCUT2D eigenvalue weighted by Crippen LogP contribution is 1.95. The van der Waals surface area contributed by atoms with Crippen molar-refractivity contribution in [1.29, 1.82) is 0 Å². The van der Waals surface area contributed by atoms with Gasteiger partial charge >= 0.3 is 0 Å². The summed E-state index contributed by atoms with van der Waals surface area (Å²) in [6, 6.07) is 0. The van der Waals surface area contributed by atoms with Crippen LogP contribution in [0.25, 0.3) is 0 Å². The Bertz CT molecular complexity index is 143. The molecule has 0 aliphatic carbocycles. The van der Waals surface area contributed by atoms with Gasteiger partial charge in [-0.2, -0.15) is 0 Å². The highest BCUT2D eigenvalue weighted by Gasteiger charge is 2.14. The maximum absolute atomic E-state index is 9.44. The van der Waals surface area contributed by atoms with E-state index in [9.17, 15) is 5.11 Å². The molecule has 0 fully saturated rings. The molecule has 0 bridgehead atoms. The minimum atomic E-state index is -0.388. The number of hydrogen-bond acceptors (Lipinski definition) is 2. The predicted molar refractivity (Wildman–Crippen MR) is 49.7 cm³/mol. The number of nitrogens with zero attached hydrogens (tertiary/aromatic N) is 1. The lowest BCUT2D eigenvalue weighted by atomic mass is 10.3. The molecule has 0 aliphatic heterocycles. The maximum atomic E-state index is 9.44. The highest BCUT2D eigenvalue weighted by atomic mass is 35.5. The van der Waals surface area contributed by atoms with Gasteiger partial charge in [0, 0.05) is 0 Å². The van der Waals surface area contributed by atoms with Gasteiger partial charge in [0.15, 0.2) is 0 Å². The summed E-state index contributed by atoms with van der Waals surface area (Å²) >= 11 is 0. The highest BCUT2D eigenvalue weighted by molar-refractivity contribution is 4.66. The van der Waals surface area contributed by atoms with Gasteiger partial charge in [-0.05, 0) is 6.92 Å². The first kappa shape index (κ1) is 15.2. The molecular formula is C9H20ClNO2. The number of hydrogen-bond donors (Lipinski definition) is 1. The lowest BCUT2D eigenvalue weighted by Crippen LogP contribution is -3.00. The second-order valence-electron chi connectivity index (χ2n) is 3.93. The molecule has 0 rings (SSSR count). The SMILES string of the molecule is CC=COCC(O)C[N+](C)(C)C.[Cl-]. The molecule has 0 aromatic rings. The van der Waals surface area contributed by atoms with E-state index in [1.165, 1.54) is 0 Å². The zero-order valence-corrected chi connectivity index (χ0v) is 9.58. The van der Waals surface area contributed by atoms with Crippen LogP contribution in [-0.2, 0) is 4.74 Å². The number of ether oxygens (including phenoxy) is 1. The summed E-state index contributed by atoms with van der Waals surface area (Å²) in [5, 5.41) is 9.44. The number of aliphatic hydroxyl groups is 1. The molecule has 0 saturated carbocycles. The van der Waals surface area contributed by atoms with Gasteiger partial charge in [0.25, 0.3) is 0 Å². The lowest BCUT2D eigenvalue weighted by Gasteiger charge is -2.26. The van der Waals surface area contributed by atoms with E-state index in [2.05, 4.69) is 0 Å². The number of aliphatic hydroxyl groups excluding tert-OH is 1. The Morgan fingerprint density at radius 1 is 1.38 bits per heavy atom. The van der Waals surface area contributed by atoms with Crippen molar-refractivity contribution in [3.63, 3.8) is 0 Å². The summed E-state index contributed by atoms with van der Waals surface area (Å²) in [7, 11) is 6.12. The van der Waals surface area contributed by atoms with Crippen molar-refractivity contribution in [2.45, 2.75) is 13.0 Å². The first-order valence-electron chi connectivity index (χ1n) is 4.17. The summed E-state index contributed by atoms with van der Waals surface area (Å²) in [5.41, 5.74) is 0. The van der Waals surface area contributed by atoms with Crippen molar-refractivity contribution < 1.29 is 26.7 Å². The second kappa shape index (κ2) is 7.18. The van der Waals surface area contributed by atoms with Gasteiger partial charge in [0.05, 0.1) is 27.4 Å². The average molecular weight is 210 g/mol. The molecule has 4 heteroatoms. The van der Waals surface area contributed by atoms with E-state index in [4.69, 9.17) is 4.74 Å². The van der Waals surface area contributed by atoms with Crippen LogP contribution in [0.2, 0.25) is 0 Å². The molecule has 0 aromatic carbocycles. The Labute approximate surface area is 87.0 Å². The molecule has 80 valence electrons. The fraction of sp³-hybridized carbons (Fsp3) is 0.778. The molecule has 0 saturated heterocycles. The molecule has 0 aromatic heterocycles. The third kappa shape index (κ3) is 11.8. The fourth-order valence-corrected chi connectivity index (χ4v) is 0.948. The Kier molecular flexibility index (Phi) is 8.42. The maximum Gasteiger partial charge on any atom is 0.137 e. The standard InChI is InChI=1S/C9H20NO2.ClH/c1-5-6-12-8-9(11)7-10(2,3)4;/h5-6,9,11H,7-8H2,1-4H3;1H/q+1;/p-1. The number of quaternary nitrogens is 1. The number of likely N-dealkylation sites (N-methyl/N-ethyl adjacent to an activating group) is 1. The monoisotopic (exact) mass is 209 g/mol. The van der Waals surface area contributed by atoms with Crippen molar-refractivity contribution in [2.75, 3.05) is 34.3 Å². The minimum Gasteiger partial charge on any atom is -1.00 e. The molecule has 0 spiro atoms. The van der Waals surface area contributed by atoms with Crippen molar-refractivity contribution in [1.82, 2.24) is 0 Å². The van der Waals surface area contributed by atoms with E-state index >= 15 is 0 Å². The largest absolute Gasteiger partial charge is 1.00 e. The summed E-state index contributed by atoms with van der Waals surface area (Å²) in [5.74, 6) is 0. The van der Waals surface area contributed by atoms with Gasteiger partial charge in [-0.3, -0.25) is 0 Å². The third-order valence-corrected chi connectivity index (χ3v) is 1.28. The predicted octanol–water partition coefficient (Wildman–Crippen LogP) is -2.39. The van der Waals surface area contributed by atoms with E-state index in [-0.39, 0.29) is 18.5 Å². The molecule has 1 unspecified atom stereocenters. The molecule has 1 N–H and O–H groups in total. The van der Waals surface area contributed by atoms with Crippen LogP contribution in [0.1, 0.15) is 6.92 Å². The van der Waals surface area contributed by atoms with E-state index < -0.39 is 0 Å². The Hall–Kier alpha value is -0.250. The second-order valence-corrected chi connectivity index (χ2v) is 3.93. The Morgan fingerprint density at radius 2 is 1.92 bits per heavy atom. The normalized spacial score (nSPS) is 13.9. The van der Waals surface area contributed by atoms with Gasteiger partial charge in [0.1, 0.15) is 19.3 Å².